The molecule has 1 atom stereocenters. The topological polar surface area (TPSA) is 79.5 Å². The van der Waals surface area contributed by atoms with Crippen LogP contribution < -0.4 is 20.9 Å². The van der Waals surface area contributed by atoms with E-state index in [1.807, 2.05) is 5.38 Å². The van der Waals surface area contributed by atoms with Crippen LogP contribution in [-0.2, 0) is 12.8 Å². The molecule has 0 spiro atoms. The highest BCUT2D eigenvalue weighted by atomic mass is 35.5. The lowest BCUT2D eigenvalue weighted by Gasteiger charge is -2.19. The Morgan fingerprint density at radius 2 is 2.12 bits per heavy atom. The number of hydrogen-bond acceptors (Lipinski definition) is 4. The number of fused-ring (bicyclic) bond motifs is 1. The summed E-state index contributed by atoms with van der Waals surface area (Å²) >= 11 is 7.54. The molecule has 0 fully saturated rings. The first-order valence-electron chi connectivity index (χ1n) is 8.28. The lowest BCUT2D eigenvalue weighted by Crippen LogP contribution is -2.44. The van der Waals surface area contributed by atoms with Gasteiger partial charge in [0.25, 0.3) is 5.91 Å². The second-order valence-electron chi connectivity index (χ2n) is 6.28. The van der Waals surface area contributed by atoms with Gasteiger partial charge in [-0.3, -0.25) is 10.2 Å². The third-order valence-corrected chi connectivity index (χ3v) is 5.63. The third-order valence-electron chi connectivity index (χ3n) is 4.35. The summed E-state index contributed by atoms with van der Waals surface area (Å²) in [6, 6.07) is 4.29. The highest BCUT2D eigenvalue weighted by Crippen LogP contribution is 2.32. The molecule has 138 valence electrons. The molecule has 0 aliphatic heterocycles. The Hall–Kier alpha value is -2.25. The number of carbonyl (C=O) groups excluding carboxylic acids is 2. The highest BCUT2D eigenvalue weighted by molar-refractivity contribution is 7.10. The summed E-state index contributed by atoms with van der Waals surface area (Å²) in [5.74, 6) is 0.802. The molecule has 8 heteroatoms. The maximum Gasteiger partial charge on any atom is 0.338 e. The molecular formula is C18H20ClN3O3S. The lowest BCUT2D eigenvalue weighted by atomic mass is 9.88. The second kappa shape index (κ2) is 7.97. The van der Waals surface area contributed by atoms with E-state index < -0.39 is 6.03 Å². The van der Waals surface area contributed by atoms with Crippen LogP contribution in [0, 0.1) is 5.92 Å². The van der Waals surface area contributed by atoms with E-state index in [4.69, 9.17) is 16.3 Å². The van der Waals surface area contributed by atoms with Crippen LogP contribution in [0.15, 0.2) is 23.6 Å². The van der Waals surface area contributed by atoms with Gasteiger partial charge >= 0.3 is 6.03 Å². The fourth-order valence-electron chi connectivity index (χ4n) is 2.98. The van der Waals surface area contributed by atoms with Gasteiger partial charge in [0.05, 0.1) is 18.4 Å². The number of carbonyl (C=O) groups is 2. The molecule has 0 bridgehead atoms. The van der Waals surface area contributed by atoms with Crippen molar-refractivity contribution in [2.24, 2.45) is 5.92 Å². The summed E-state index contributed by atoms with van der Waals surface area (Å²) in [5.41, 5.74) is 6.96. The van der Waals surface area contributed by atoms with Gasteiger partial charge in [-0.1, -0.05) is 18.5 Å². The van der Waals surface area contributed by atoms with Crippen molar-refractivity contribution in [3.8, 4) is 5.75 Å². The molecule has 3 amide bonds. The molecule has 1 aromatic heterocycles. The number of thiophene rings is 1. The van der Waals surface area contributed by atoms with Gasteiger partial charge < -0.3 is 10.1 Å². The fraction of sp³-hybridized carbons (Fsp3) is 0.333. The van der Waals surface area contributed by atoms with E-state index in [-0.39, 0.29) is 5.91 Å². The van der Waals surface area contributed by atoms with Gasteiger partial charge in [0.2, 0.25) is 0 Å². The monoisotopic (exact) mass is 393 g/mol. The first-order chi connectivity index (χ1) is 12.5. The van der Waals surface area contributed by atoms with E-state index in [0.29, 0.717) is 27.9 Å². The first-order valence-corrected chi connectivity index (χ1v) is 9.53. The van der Waals surface area contributed by atoms with Crippen molar-refractivity contribution in [1.82, 2.24) is 10.9 Å². The van der Waals surface area contributed by atoms with E-state index in [1.165, 1.54) is 12.0 Å². The molecule has 0 saturated heterocycles. The van der Waals surface area contributed by atoms with Crippen LogP contribution in [0.25, 0.3) is 0 Å². The zero-order valence-electron chi connectivity index (χ0n) is 14.5. The Kier molecular flexibility index (Phi) is 5.68. The number of urea groups is 1. The Morgan fingerprint density at radius 1 is 1.31 bits per heavy atom. The number of amides is 3. The van der Waals surface area contributed by atoms with Gasteiger partial charge in [0.1, 0.15) is 5.75 Å². The summed E-state index contributed by atoms with van der Waals surface area (Å²) in [4.78, 5) is 25.7. The molecular weight excluding hydrogens is 374 g/mol. The van der Waals surface area contributed by atoms with E-state index >= 15 is 0 Å². The zero-order chi connectivity index (χ0) is 18.7. The number of nitrogens with one attached hydrogen (secondary N) is 3. The van der Waals surface area contributed by atoms with Crippen molar-refractivity contribution in [3.05, 3.63) is 44.6 Å². The van der Waals surface area contributed by atoms with Crippen LogP contribution in [0.5, 0.6) is 5.75 Å². The fourth-order valence-corrected chi connectivity index (χ4v) is 4.40. The van der Waals surface area contributed by atoms with Crippen molar-refractivity contribution >= 4 is 40.6 Å². The summed E-state index contributed by atoms with van der Waals surface area (Å²) in [5, 5.41) is 4.92. The Morgan fingerprint density at radius 3 is 2.88 bits per heavy atom. The maximum atomic E-state index is 12.4. The zero-order valence-corrected chi connectivity index (χ0v) is 16.1. The molecule has 6 nitrogen and oxygen atoms in total. The average molecular weight is 394 g/mol. The largest absolute Gasteiger partial charge is 0.495 e. The van der Waals surface area contributed by atoms with Crippen LogP contribution in [0.3, 0.4) is 0 Å². The molecule has 2 aromatic rings. The molecule has 0 saturated carbocycles. The van der Waals surface area contributed by atoms with Gasteiger partial charge in [0.15, 0.2) is 0 Å². The number of benzene rings is 1. The van der Waals surface area contributed by atoms with Crippen molar-refractivity contribution < 1.29 is 14.3 Å². The van der Waals surface area contributed by atoms with E-state index in [1.54, 1.807) is 29.5 Å². The minimum absolute atomic E-state index is 0.315. The lowest BCUT2D eigenvalue weighted by molar-refractivity contribution is 0.0937. The van der Waals surface area contributed by atoms with Crippen LogP contribution in [0.2, 0.25) is 5.02 Å². The minimum atomic E-state index is -0.586. The molecule has 0 unspecified atom stereocenters. The number of methoxy groups -OCH3 is 1. The van der Waals surface area contributed by atoms with Gasteiger partial charge in [-0.2, -0.15) is 0 Å². The molecule has 3 N–H and O–H groups in total. The summed E-state index contributed by atoms with van der Waals surface area (Å²) in [6.07, 6.45) is 2.98. The Balaban J connectivity index is 1.60. The molecule has 1 aliphatic carbocycles. The first kappa shape index (κ1) is 18.5. The minimum Gasteiger partial charge on any atom is -0.495 e. The maximum absolute atomic E-state index is 12.4. The van der Waals surface area contributed by atoms with Gasteiger partial charge in [-0.25, -0.2) is 10.2 Å². The number of hydrogen-bond donors (Lipinski definition) is 3. The van der Waals surface area contributed by atoms with Crippen molar-refractivity contribution in [3.63, 3.8) is 0 Å². The van der Waals surface area contributed by atoms with Crippen LogP contribution in [0.1, 0.15) is 34.1 Å². The van der Waals surface area contributed by atoms with Gasteiger partial charge in [-0.05, 0) is 48.9 Å². The Labute approximate surface area is 160 Å². The van der Waals surface area contributed by atoms with Gasteiger partial charge in [0, 0.05) is 15.3 Å². The second-order valence-corrected chi connectivity index (χ2v) is 7.68. The number of ether oxygens (including phenoxy) is 1. The number of halogens is 1. The summed E-state index contributed by atoms with van der Waals surface area (Å²) in [7, 11) is 1.49. The molecule has 1 aliphatic rings. The highest BCUT2D eigenvalue weighted by Gasteiger charge is 2.23. The Bertz CT molecular complexity index is 837. The van der Waals surface area contributed by atoms with Crippen molar-refractivity contribution in [1.29, 1.82) is 0 Å². The predicted octanol–water partition coefficient (Wildman–Crippen LogP) is 4.00. The third kappa shape index (κ3) is 4.11. The van der Waals surface area contributed by atoms with E-state index in [2.05, 4.69) is 23.1 Å². The molecule has 26 heavy (non-hydrogen) atoms. The van der Waals surface area contributed by atoms with Crippen molar-refractivity contribution in [2.75, 3.05) is 12.4 Å². The average Bonchev–Trinajstić information content (AvgIpc) is 3.03. The molecule has 3 rings (SSSR count). The van der Waals surface area contributed by atoms with Gasteiger partial charge in [-0.15, -0.1) is 11.3 Å². The smallest absolute Gasteiger partial charge is 0.338 e. The summed E-state index contributed by atoms with van der Waals surface area (Å²) < 4.78 is 5.17. The van der Waals surface area contributed by atoms with E-state index in [9.17, 15) is 9.59 Å². The van der Waals surface area contributed by atoms with Crippen LogP contribution in [-0.4, -0.2) is 19.0 Å². The molecule has 0 radical (unpaired) electrons. The SMILES string of the molecule is COc1ccc(Cl)cc1NC(=O)NNC(=O)c1csc2c1CC[C@@H](C)C2. The van der Waals surface area contributed by atoms with E-state index in [0.717, 1.165) is 24.8 Å². The van der Waals surface area contributed by atoms with Crippen molar-refractivity contribution in [2.45, 2.75) is 26.2 Å². The normalized spacial score (nSPS) is 15.7. The molecule has 1 aromatic carbocycles. The van der Waals surface area contributed by atoms with Crippen LogP contribution in [0.4, 0.5) is 10.5 Å². The summed E-state index contributed by atoms with van der Waals surface area (Å²) in [6.45, 7) is 2.22. The number of hydrazine groups is 1. The number of anilines is 1. The number of rotatable bonds is 3. The quantitative estimate of drug-likeness (QED) is 0.689. The molecule has 1 heterocycles. The van der Waals surface area contributed by atoms with Crippen LogP contribution >= 0.6 is 22.9 Å². The predicted molar refractivity (Wildman–Crippen MR) is 103 cm³/mol. The standard InChI is InChI=1S/C18H20ClN3O3S/c1-10-3-5-12-13(9-26-16(12)7-10)17(23)21-22-18(24)20-14-8-11(19)4-6-15(14)25-2/h4,6,8-10H,3,5,7H2,1-2H3,(H,21,23)(H2,20,22,24)/t10-/m1/s1.